The van der Waals surface area contributed by atoms with Gasteiger partial charge >= 0.3 is 0 Å². The Labute approximate surface area is 80.4 Å². The highest BCUT2D eigenvalue weighted by Crippen LogP contribution is 2.07. The van der Waals surface area contributed by atoms with E-state index >= 15 is 0 Å². The molecule has 0 radical (unpaired) electrons. The van der Waals surface area contributed by atoms with E-state index in [1.807, 2.05) is 22.7 Å². The Morgan fingerprint density at radius 2 is 2.38 bits per heavy atom. The molecule has 0 bridgehead atoms. The van der Waals surface area contributed by atoms with Gasteiger partial charge in [0.1, 0.15) is 11.8 Å². The van der Waals surface area contributed by atoms with E-state index in [4.69, 9.17) is 0 Å². The first-order valence-corrected chi connectivity index (χ1v) is 5.41. The van der Waals surface area contributed by atoms with Gasteiger partial charge in [-0.3, -0.25) is 0 Å². The van der Waals surface area contributed by atoms with Crippen molar-refractivity contribution in [3.8, 4) is 0 Å². The van der Waals surface area contributed by atoms with Gasteiger partial charge in [-0.2, -0.15) is 11.8 Å². The van der Waals surface area contributed by atoms with Crippen LogP contribution < -0.4 is 0 Å². The molecule has 0 saturated heterocycles. The van der Waals surface area contributed by atoms with Gasteiger partial charge in [0.15, 0.2) is 5.65 Å². The molecule has 0 aromatic carbocycles. The van der Waals surface area contributed by atoms with Crippen molar-refractivity contribution in [3.63, 3.8) is 0 Å². The zero-order chi connectivity index (χ0) is 9.10. The van der Waals surface area contributed by atoms with Gasteiger partial charge in [0.25, 0.3) is 0 Å². The molecule has 0 atom stereocenters. The number of aryl methyl sites for hydroxylation is 1. The Bertz CT molecular complexity index is 398. The SMILES string of the molecule is CSCCn1cnc2cncnc21. The molecular formula is C8H10N4S. The summed E-state index contributed by atoms with van der Waals surface area (Å²) < 4.78 is 2.05. The molecule has 13 heavy (non-hydrogen) atoms. The van der Waals surface area contributed by atoms with Crippen LogP contribution in [-0.4, -0.2) is 31.5 Å². The lowest BCUT2D eigenvalue weighted by Gasteiger charge is -1.99. The van der Waals surface area contributed by atoms with Crippen LogP contribution >= 0.6 is 11.8 Å². The largest absolute Gasteiger partial charge is 0.314 e. The molecule has 0 aliphatic carbocycles. The summed E-state index contributed by atoms with van der Waals surface area (Å²) in [5.74, 6) is 1.08. The summed E-state index contributed by atoms with van der Waals surface area (Å²) in [6, 6.07) is 0. The van der Waals surface area contributed by atoms with Crippen molar-refractivity contribution >= 4 is 22.9 Å². The molecule has 0 amide bonds. The normalized spacial score (nSPS) is 10.8. The summed E-state index contributed by atoms with van der Waals surface area (Å²) in [6.45, 7) is 0.953. The first kappa shape index (κ1) is 8.50. The fourth-order valence-electron chi connectivity index (χ4n) is 1.17. The van der Waals surface area contributed by atoms with Gasteiger partial charge in [0, 0.05) is 12.3 Å². The van der Waals surface area contributed by atoms with Crippen molar-refractivity contribution in [3.05, 3.63) is 18.9 Å². The molecule has 2 aromatic heterocycles. The standard InChI is InChI=1S/C8H10N4S/c1-13-3-2-12-6-11-7-4-9-5-10-8(7)12/h4-6H,2-3H2,1H3. The van der Waals surface area contributed by atoms with Crippen molar-refractivity contribution in [2.45, 2.75) is 6.54 Å². The van der Waals surface area contributed by atoms with Gasteiger partial charge in [-0.1, -0.05) is 0 Å². The van der Waals surface area contributed by atoms with Gasteiger partial charge in [-0.25, -0.2) is 15.0 Å². The lowest BCUT2D eigenvalue weighted by atomic mass is 10.5. The van der Waals surface area contributed by atoms with E-state index in [0.717, 1.165) is 23.5 Å². The van der Waals surface area contributed by atoms with Crippen LogP contribution in [0.15, 0.2) is 18.9 Å². The summed E-state index contributed by atoms with van der Waals surface area (Å²) in [7, 11) is 0. The molecule has 2 rings (SSSR count). The topological polar surface area (TPSA) is 43.6 Å². The summed E-state index contributed by atoms with van der Waals surface area (Å²) in [5.41, 5.74) is 1.78. The molecule has 0 spiro atoms. The zero-order valence-electron chi connectivity index (χ0n) is 7.34. The highest BCUT2D eigenvalue weighted by molar-refractivity contribution is 7.98. The van der Waals surface area contributed by atoms with E-state index < -0.39 is 0 Å². The van der Waals surface area contributed by atoms with Gasteiger partial charge in [-0.05, 0) is 6.26 Å². The minimum Gasteiger partial charge on any atom is -0.314 e. The first-order valence-electron chi connectivity index (χ1n) is 4.01. The molecule has 4 nitrogen and oxygen atoms in total. The van der Waals surface area contributed by atoms with Crippen LogP contribution in [0.1, 0.15) is 0 Å². The lowest BCUT2D eigenvalue weighted by molar-refractivity contribution is 0.787. The fourth-order valence-corrected chi connectivity index (χ4v) is 1.55. The Balaban J connectivity index is 2.35. The van der Waals surface area contributed by atoms with E-state index in [9.17, 15) is 0 Å². The van der Waals surface area contributed by atoms with E-state index in [1.54, 1.807) is 12.5 Å². The maximum absolute atomic E-state index is 4.20. The first-order chi connectivity index (χ1) is 6.42. The van der Waals surface area contributed by atoms with Crippen LogP contribution in [0.5, 0.6) is 0 Å². The van der Waals surface area contributed by atoms with Crippen LogP contribution in [0.2, 0.25) is 0 Å². The quantitative estimate of drug-likeness (QED) is 0.736. The number of hydrogen-bond acceptors (Lipinski definition) is 4. The Kier molecular flexibility index (Phi) is 2.44. The maximum Gasteiger partial charge on any atom is 0.163 e. The maximum atomic E-state index is 4.20. The number of rotatable bonds is 3. The highest BCUT2D eigenvalue weighted by Gasteiger charge is 2.01. The van der Waals surface area contributed by atoms with Crippen LogP contribution in [-0.2, 0) is 6.54 Å². The van der Waals surface area contributed by atoms with E-state index in [2.05, 4.69) is 21.2 Å². The highest BCUT2D eigenvalue weighted by atomic mass is 32.2. The Morgan fingerprint density at radius 1 is 1.46 bits per heavy atom. The number of fused-ring (bicyclic) bond motifs is 1. The molecule has 0 N–H and O–H groups in total. The van der Waals surface area contributed by atoms with Gasteiger partial charge in [0.2, 0.25) is 0 Å². The molecule has 0 fully saturated rings. The van der Waals surface area contributed by atoms with Crippen molar-refractivity contribution < 1.29 is 0 Å². The number of imidazole rings is 1. The third-order valence-corrected chi connectivity index (χ3v) is 2.41. The Hall–Kier alpha value is -1.10. The third kappa shape index (κ3) is 1.65. The third-order valence-electron chi connectivity index (χ3n) is 1.82. The molecule has 0 unspecified atom stereocenters. The predicted octanol–water partition coefficient (Wildman–Crippen LogP) is 1.19. The zero-order valence-corrected chi connectivity index (χ0v) is 8.16. The monoisotopic (exact) mass is 194 g/mol. The molecule has 0 aliphatic rings. The van der Waals surface area contributed by atoms with E-state index in [-0.39, 0.29) is 0 Å². The molecule has 0 aliphatic heterocycles. The molecule has 68 valence electrons. The van der Waals surface area contributed by atoms with E-state index in [1.165, 1.54) is 0 Å². The molecule has 2 heterocycles. The van der Waals surface area contributed by atoms with Crippen molar-refractivity contribution in [1.29, 1.82) is 0 Å². The predicted molar refractivity (Wildman–Crippen MR) is 53.7 cm³/mol. The Morgan fingerprint density at radius 3 is 3.23 bits per heavy atom. The second-order valence-corrected chi connectivity index (χ2v) is 3.65. The number of thioether (sulfide) groups is 1. The van der Waals surface area contributed by atoms with Crippen molar-refractivity contribution in [2.24, 2.45) is 0 Å². The summed E-state index contributed by atoms with van der Waals surface area (Å²) in [6.07, 6.45) is 7.20. The van der Waals surface area contributed by atoms with Crippen LogP contribution in [0.25, 0.3) is 11.2 Å². The number of hydrogen-bond donors (Lipinski definition) is 0. The van der Waals surface area contributed by atoms with Crippen LogP contribution in [0.3, 0.4) is 0 Å². The van der Waals surface area contributed by atoms with Gasteiger partial charge in [-0.15, -0.1) is 0 Å². The van der Waals surface area contributed by atoms with Crippen LogP contribution in [0, 0.1) is 0 Å². The lowest BCUT2D eigenvalue weighted by Crippen LogP contribution is -1.99. The summed E-state index contributed by atoms with van der Waals surface area (Å²) in [4.78, 5) is 12.3. The molecule has 5 heteroatoms. The van der Waals surface area contributed by atoms with Crippen molar-refractivity contribution in [2.75, 3.05) is 12.0 Å². The summed E-state index contributed by atoms with van der Waals surface area (Å²) >= 11 is 1.82. The second kappa shape index (κ2) is 3.74. The minimum absolute atomic E-state index is 0.864. The molecule has 2 aromatic rings. The minimum atomic E-state index is 0.864. The smallest absolute Gasteiger partial charge is 0.163 e. The molecular weight excluding hydrogens is 184 g/mol. The number of aromatic nitrogens is 4. The van der Waals surface area contributed by atoms with Gasteiger partial charge < -0.3 is 4.57 Å². The van der Waals surface area contributed by atoms with Gasteiger partial charge in [0.05, 0.1) is 12.5 Å². The molecule has 0 saturated carbocycles. The van der Waals surface area contributed by atoms with E-state index in [0.29, 0.717) is 0 Å². The van der Waals surface area contributed by atoms with Crippen LogP contribution in [0.4, 0.5) is 0 Å². The number of nitrogens with zero attached hydrogens (tertiary/aromatic N) is 4. The fraction of sp³-hybridized carbons (Fsp3) is 0.375. The average molecular weight is 194 g/mol. The van der Waals surface area contributed by atoms with Crippen molar-refractivity contribution in [1.82, 2.24) is 19.5 Å². The average Bonchev–Trinajstić information content (AvgIpc) is 2.58. The second-order valence-electron chi connectivity index (χ2n) is 2.66. The summed E-state index contributed by atoms with van der Waals surface area (Å²) in [5, 5.41) is 0.